The van der Waals surface area contributed by atoms with Gasteiger partial charge in [-0.3, -0.25) is 0 Å². The molecule has 0 fully saturated rings. The third-order valence-corrected chi connectivity index (χ3v) is 3.54. The van der Waals surface area contributed by atoms with Gasteiger partial charge in [-0.2, -0.15) is 0 Å². The predicted octanol–water partition coefficient (Wildman–Crippen LogP) is 2.82. The average Bonchev–Trinajstić information content (AvgIpc) is 2.75. The Balaban J connectivity index is 2.44. The lowest BCUT2D eigenvalue weighted by Crippen LogP contribution is -1.95. The van der Waals surface area contributed by atoms with Gasteiger partial charge in [0.2, 0.25) is 5.89 Å². The van der Waals surface area contributed by atoms with Crippen LogP contribution in [0.25, 0.3) is 10.8 Å². The third kappa shape index (κ3) is 1.56. The number of aromatic nitrogens is 1. The number of nitrogens with two attached hydrogens (primary N) is 1. The standard InChI is InChI=1S/C9H9ClN2OS/c1-5-4-14-8(7(5)10)9-12-6(2-11)3-13-9/h3-4H,2,11H2,1H3. The highest BCUT2D eigenvalue weighted by Crippen LogP contribution is 2.35. The molecule has 74 valence electrons. The molecule has 0 saturated heterocycles. The Morgan fingerprint density at radius 2 is 2.43 bits per heavy atom. The maximum absolute atomic E-state index is 6.07. The Morgan fingerprint density at radius 3 is 2.93 bits per heavy atom. The molecule has 2 N–H and O–H groups in total. The lowest BCUT2D eigenvalue weighted by atomic mass is 10.3. The van der Waals surface area contributed by atoms with Gasteiger partial charge in [0.25, 0.3) is 0 Å². The van der Waals surface area contributed by atoms with Gasteiger partial charge in [0, 0.05) is 6.54 Å². The van der Waals surface area contributed by atoms with Gasteiger partial charge in [-0.25, -0.2) is 4.98 Å². The minimum absolute atomic E-state index is 0.380. The molecule has 2 aromatic heterocycles. The van der Waals surface area contributed by atoms with E-state index in [2.05, 4.69) is 4.98 Å². The second kappa shape index (κ2) is 3.73. The monoisotopic (exact) mass is 228 g/mol. The Labute approximate surface area is 90.5 Å². The summed E-state index contributed by atoms with van der Waals surface area (Å²) in [6.45, 7) is 2.33. The van der Waals surface area contributed by atoms with Crippen molar-refractivity contribution >= 4 is 22.9 Å². The summed E-state index contributed by atoms with van der Waals surface area (Å²) in [5, 5.41) is 2.68. The number of aryl methyl sites for hydroxylation is 1. The van der Waals surface area contributed by atoms with Crippen molar-refractivity contribution in [1.29, 1.82) is 0 Å². The van der Waals surface area contributed by atoms with Gasteiger partial charge in [0.1, 0.15) is 11.1 Å². The van der Waals surface area contributed by atoms with Crippen LogP contribution in [-0.2, 0) is 6.54 Å². The van der Waals surface area contributed by atoms with Crippen molar-refractivity contribution < 1.29 is 4.42 Å². The van der Waals surface area contributed by atoms with E-state index < -0.39 is 0 Å². The molecule has 0 aliphatic rings. The van der Waals surface area contributed by atoms with Crippen molar-refractivity contribution in [2.45, 2.75) is 13.5 Å². The van der Waals surface area contributed by atoms with Gasteiger partial charge in [-0.1, -0.05) is 11.6 Å². The highest BCUT2D eigenvalue weighted by molar-refractivity contribution is 7.14. The normalized spacial score (nSPS) is 10.8. The number of oxazole rings is 1. The van der Waals surface area contributed by atoms with E-state index in [0.717, 1.165) is 16.1 Å². The van der Waals surface area contributed by atoms with Crippen LogP contribution in [0.1, 0.15) is 11.3 Å². The Bertz CT molecular complexity index is 449. The van der Waals surface area contributed by atoms with E-state index in [1.165, 1.54) is 11.3 Å². The van der Waals surface area contributed by atoms with E-state index in [4.69, 9.17) is 21.8 Å². The number of rotatable bonds is 2. The van der Waals surface area contributed by atoms with E-state index in [-0.39, 0.29) is 0 Å². The predicted molar refractivity (Wildman–Crippen MR) is 57.5 cm³/mol. The third-order valence-electron chi connectivity index (χ3n) is 1.85. The van der Waals surface area contributed by atoms with Gasteiger partial charge in [-0.05, 0) is 17.9 Å². The maximum Gasteiger partial charge on any atom is 0.238 e. The van der Waals surface area contributed by atoms with Crippen LogP contribution in [0.2, 0.25) is 5.02 Å². The molecule has 0 unspecified atom stereocenters. The van der Waals surface area contributed by atoms with E-state index >= 15 is 0 Å². The fourth-order valence-corrected chi connectivity index (χ4v) is 2.28. The molecule has 0 aliphatic heterocycles. The zero-order valence-electron chi connectivity index (χ0n) is 7.58. The molecule has 0 aromatic carbocycles. The summed E-state index contributed by atoms with van der Waals surface area (Å²) in [6, 6.07) is 0. The second-order valence-electron chi connectivity index (χ2n) is 2.91. The molecule has 0 spiro atoms. The summed E-state index contributed by atoms with van der Waals surface area (Å²) in [7, 11) is 0. The van der Waals surface area contributed by atoms with Crippen LogP contribution in [0.3, 0.4) is 0 Å². The van der Waals surface area contributed by atoms with Crippen LogP contribution in [0.5, 0.6) is 0 Å². The van der Waals surface area contributed by atoms with Gasteiger partial charge >= 0.3 is 0 Å². The molecular weight excluding hydrogens is 220 g/mol. The summed E-state index contributed by atoms with van der Waals surface area (Å²) in [6.07, 6.45) is 1.56. The topological polar surface area (TPSA) is 52.0 Å². The fraction of sp³-hybridized carbons (Fsp3) is 0.222. The molecule has 0 amide bonds. The van der Waals surface area contributed by atoms with Crippen molar-refractivity contribution in [3.05, 3.63) is 27.9 Å². The molecule has 2 heterocycles. The zero-order valence-corrected chi connectivity index (χ0v) is 9.15. The number of hydrogen-bond acceptors (Lipinski definition) is 4. The van der Waals surface area contributed by atoms with Gasteiger partial charge in [-0.15, -0.1) is 11.3 Å². The Kier molecular flexibility index (Phi) is 2.58. The SMILES string of the molecule is Cc1csc(-c2nc(CN)co2)c1Cl. The maximum atomic E-state index is 6.07. The summed E-state index contributed by atoms with van der Waals surface area (Å²) < 4.78 is 5.27. The Morgan fingerprint density at radius 1 is 1.64 bits per heavy atom. The largest absolute Gasteiger partial charge is 0.443 e. The first-order chi connectivity index (χ1) is 6.72. The molecule has 14 heavy (non-hydrogen) atoms. The quantitative estimate of drug-likeness (QED) is 0.860. The van der Waals surface area contributed by atoms with Gasteiger partial charge in [0.05, 0.1) is 10.7 Å². The molecular formula is C9H9ClN2OS. The van der Waals surface area contributed by atoms with Gasteiger partial charge in [0.15, 0.2) is 0 Å². The molecule has 0 aliphatic carbocycles. The summed E-state index contributed by atoms with van der Waals surface area (Å²) in [5.41, 5.74) is 7.21. The Hall–Kier alpha value is -0.840. The molecule has 5 heteroatoms. The van der Waals surface area contributed by atoms with E-state index in [1.54, 1.807) is 6.26 Å². The highest BCUT2D eigenvalue weighted by Gasteiger charge is 2.13. The minimum atomic E-state index is 0.380. The van der Waals surface area contributed by atoms with Crippen LogP contribution in [0, 0.1) is 6.92 Å². The number of hydrogen-bond donors (Lipinski definition) is 1. The zero-order chi connectivity index (χ0) is 10.1. The smallest absolute Gasteiger partial charge is 0.238 e. The van der Waals surface area contributed by atoms with Crippen molar-refractivity contribution in [3.63, 3.8) is 0 Å². The van der Waals surface area contributed by atoms with E-state index in [1.807, 2.05) is 12.3 Å². The average molecular weight is 229 g/mol. The molecule has 0 saturated carbocycles. The first kappa shape index (κ1) is 9.71. The number of thiophene rings is 1. The van der Waals surface area contributed by atoms with Gasteiger partial charge < -0.3 is 10.2 Å². The van der Waals surface area contributed by atoms with Crippen molar-refractivity contribution in [3.8, 4) is 10.8 Å². The molecule has 0 bridgehead atoms. The van der Waals surface area contributed by atoms with Crippen molar-refractivity contribution in [2.75, 3.05) is 0 Å². The molecule has 0 atom stereocenters. The molecule has 0 radical (unpaired) electrons. The fourth-order valence-electron chi connectivity index (χ4n) is 1.08. The lowest BCUT2D eigenvalue weighted by Gasteiger charge is -1.90. The van der Waals surface area contributed by atoms with Crippen LogP contribution in [-0.4, -0.2) is 4.98 Å². The minimum Gasteiger partial charge on any atom is -0.443 e. The highest BCUT2D eigenvalue weighted by atomic mass is 35.5. The van der Waals surface area contributed by atoms with Crippen molar-refractivity contribution in [2.24, 2.45) is 5.73 Å². The van der Waals surface area contributed by atoms with Crippen LogP contribution in [0.4, 0.5) is 0 Å². The first-order valence-corrected chi connectivity index (χ1v) is 5.36. The molecule has 2 rings (SSSR count). The summed E-state index contributed by atoms with van der Waals surface area (Å²) in [5.74, 6) is 0.550. The lowest BCUT2D eigenvalue weighted by molar-refractivity contribution is 0.574. The second-order valence-corrected chi connectivity index (χ2v) is 4.17. The number of nitrogens with zero attached hydrogens (tertiary/aromatic N) is 1. The number of halogens is 1. The van der Waals surface area contributed by atoms with Crippen LogP contribution in [0.15, 0.2) is 16.1 Å². The molecule has 3 nitrogen and oxygen atoms in total. The summed E-state index contributed by atoms with van der Waals surface area (Å²) >= 11 is 7.60. The van der Waals surface area contributed by atoms with E-state index in [9.17, 15) is 0 Å². The van der Waals surface area contributed by atoms with Crippen LogP contribution < -0.4 is 5.73 Å². The van der Waals surface area contributed by atoms with E-state index in [0.29, 0.717) is 17.5 Å². The van der Waals surface area contributed by atoms with Crippen molar-refractivity contribution in [1.82, 2.24) is 4.98 Å². The first-order valence-electron chi connectivity index (χ1n) is 4.11. The molecule has 2 aromatic rings. The summed E-state index contributed by atoms with van der Waals surface area (Å²) in [4.78, 5) is 5.07. The van der Waals surface area contributed by atoms with Crippen LogP contribution >= 0.6 is 22.9 Å².